The molecule has 1 saturated heterocycles. The number of nitrogens with zero attached hydrogens (tertiary/aromatic N) is 2. The van der Waals surface area contributed by atoms with Gasteiger partial charge in [-0.05, 0) is 30.7 Å². The van der Waals surface area contributed by atoms with Crippen LogP contribution in [0.4, 0.5) is 11.5 Å². The molecule has 4 nitrogen and oxygen atoms in total. The molecule has 1 spiro atoms. The van der Waals surface area contributed by atoms with Crippen molar-refractivity contribution in [2.75, 3.05) is 24.5 Å². The first-order chi connectivity index (χ1) is 9.70. The first-order valence-corrected chi connectivity index (χ1v) is 7.43. The molecule has 2 N–H and O–H groups in total. The Bertz CT molecular complexity index is 647. The van der Waals surface area contributed by atoms with Crippen molar-refractivity contribution < 1.29 is 0 Å². The Morgan fingerprint density at radius 2 is 2.10 bits per heavy atom. The van der Waals surface area contributed by atoms with Crippen LogP contribution in [0.25, 0.3) is 0 Å². The minimum Gasteiger partial charge on any atom is -0.324 e. The summed E-state index contributed by atoms with van der Waals surface area (Å²) >= 11 is 12.4. The molecule has 3 heterocycles. The number of nitrogens with one attached hydrogen (secondary N) is 2. The molecule has 2 aliphatic heterocycles. The maximum Gasteiger partial charge on any atom is 0.154 e. The number of fused-ring (bicyclic) bond motifs is 2. The highest BCUT2D eigenvalue weighted by atomic mass is 35.5. The third-order valence-electron chi connectivity index (χ3n) is 4.37. The van der Waals surface area contributed by atoms with Crippen molar-refractivity contribution in [1.82, 2.24) is 15.5 Å². The second-order valence-electron chi connectivity index (χ2n) is 5.51. The lowest BCUT2D eigenvalue weighted by atomic mass is 9.82. The molecule has 1 aromatic carbocycles. The fourth-order valence-corrected chi connectivity index (χ4v) is 3.69. The number of anilines is 2. The van der Waals surface area contributed by atoms with E-state index < -0.39 is 0 Å². The summed E-state index contributed by atoms with van der Waals surface area (Å²) in [5.74, 6) is 0.924. The van der Waals surface area contributed by atoms with Crippen LogP contribution < -0.4 is 10.2 Å². The van der Waals surface area contributed by atoms with Crippen molar-refractivity contribution in [3.05, 3.63) is 40.0 Å². The molecule has 4 rings (SSSR count). The van der Waals surface area contributed by atoms with Crippen LogP contribution in [0, 0.1) is 0 Å². The lowest BCUT2D eigenvalue weighted by Crippen LogP contribution is -2.33. The molecular formula is C14H14Cl2N4. The van der Waals surface area contributed by atoms with E-state index in [2.05, 4.69) is 20.4 Å². The van der Waals surface area contributed by atoms with Crippen LogP contribution >= 0.6 is 23.2 Å². The lowest BCUT2D eigenvalue weighted by Gasteiger charge is -2.23. The van der Waals surface area contributed by atoms with Gasteiger partial charge in [-0.25, -0.2) is 0 Å². The molecule has 0 aliphatic carbocycles. The quantitative estimate of drug-likeness (QED) is 0.851. The zero-order valence-electron chi connectivity index (χ0n) is 10.8. The Hall–Kier alpha value is -1.23. The largest absolute Gasteiger partial charge is 0.324 e. The molecule has 1 fully saturated rings. The Morgan fingerprint density at radius 1 is 1.25 bits per heavy atom. The SMILES string of the molecule is Clc1cc2c(cc1Cl)[C@]1(CCNC1)CN2c1cc[nH]n1. The van der Waals surface area contributed by atoms with Gasteiger partial charge in [-0.1, -0.05) is 23.2 Å². The van der Waals surface area contributed by atoms with Crippen LogP contribution in [0.15, 0.2) is 24.4 Å². The molecule has 6 heteroatoms. The fourth-order valence-electron chi connectivity index (χ4n) is 3.37. The van der Waals surface area contributed by atoms with Gasteiger partial charge in [0.05, 0.1) is 10.0 Å². The lowest BCUT2D eigenvalue weighted by molar-refractivity contribution is 0.508. The van der Waals surface area contributed by atoms with Crippen LogP contribution in [0.5, 0.6) is 0 Å². The normalized spacial score (nSPS) is 24.6. The number of halogens is 2. The van der Waals surface area contributed by atoms with Gasteiger partial charge in [-0.15, -0.1) is 0 Å². The molecule has 0 unspecified atom stereocenters. The Morgan fingerprint density at radius 3 is 2.80 bits per heavy atom. The van der Waals surface area contributed by atoms with Gasteiger partial charge in [-0.3, -0.25) is 5.10 Å². The van der Waals surface area contributed by atoms with Gasteiger partial charge in [0.15, 0.2) is 5.82 Å². The smallest absolute Gasteiger partial charge is 0.154 e. The summed E-state index contributed by atoms with van der Waals surface area (Å²) in [6.45, 7) is 2.92. The zero-order chi connectivity index (χ0) is 13.7. The van der Waals surface area contributed by atoms with E-state index in [1.807, 2.05) is 24.4 Å². The first kappa shape index (κ1) is 12.5. The van der Waals surface area contributed by atoms with Gasteiger partial charge in [0.25, 0.3) is 0 Å². The number of hydrogen-bond acceptors (Lipinski definition) is 3. The highest BCUT2D eigenvalue weighted by Crippen LogP contribution is 2.49. The van der Waals surface area contributed by atoms with E-state index in [0.29, 0.717) is 10.0 Å². The number of hydrogen-bond donors (Lipinski definition) is 2. The third kappa shape index (κ3) is 1.68. The third-order valence-corrected chi connectivity index (χ3v) is 5.09. The van der Waals surface area contributed by atoms with Crippen molar-refractivity contribution in [3.63, 3.8) is 0 Å². The molecule has 0 saturated carbocycles. The topological polar surface area (TPSA) is 44.0 Å². The summed E-state index contributed by atoms with van der Waals surface area (Å²) in [6.07, 6.45) is 2.95. The maximum atomic E-state index is 6.23. The molecule has 0 amide bonds. The molecule has 0 radical (unpaired) electrons. The minimum atomic E-state index is 0.114. The van der Waals surface area contributed by atoms with Gasteiger partial charge in [0, 0.05) is 36.5 Å². The van der Waals surface area contributed by atoms with E-state index >= 15 is 0 Å². The molecule has 0 bridgehead atoms. The van der Waals surface area contributed by atoms with Crippen LogP contribution in [0.1, 0.15) is 12.0 Å². The van der Waals surface area contributed by atoms with Gasteiger partial charge < -0.3 is 10.2 Å². The van der Waals surface area contributed by atoms with Crippen molar-refractivity contribution in [1.29, 1.82) is 0 Å². The number of aromatic amines is 1. The minimum absolute atomic E-state index is 0.114. The van der Waals surface area contributed by atoms with Crippen molar-refractivity contribution in [2.45, 2.75) is 11.8 Å². The number of benzene rings is 1. The summed E-state index contributed by atoms with van der Waals surface area (Å²) in [5.41, 5.74) is 2.51. The summed E-state index contributed by atoms with van der Waals surface area (Å²) in [7, 11) is 0. The predicted molar refractivity (Wildman–Crippen MR) is 81.2 cm³/mol. The van der Waals surface area contributed by atoms with Gasteiger partial charge in [0.2, 0.25) is 0 Å². The van der Waals surface area contributed by atoms with Crippen molar-refractivity contribution in [2.24, 2.45) is 0 Å². The Labute approximate surface area is 127 Å². The molecular weight excluding hydrogens is 295 g/mol. The predicted octanol–water partition coefficient (Wildman–Crippen LogP) is 3.10. The second-order valence-corrected chi connectivity index (χ2v) is 6.32. The molecule has 2 aliphatic rings. The van der Waals surface area contributed by atoms with E-state index in [9.17, 15) is 0 Å². The van der Waals surface area contributed by atoms with Crippen LogP contribution in [0.3, 0.4) is 0 Å². The fraction of sp³-hybridized carbons (Fsp3) is 0.357. The Kier molecular flexibility index (Phi) is 2.74. The molecule has 2 aromatic rings. The van der Waals surface area contributed by atoms with Gasteiger partial charge in [0.1, 0.15) is 0 Å². The van der Waals surface area contributed by atoms with E-state index in [1.54, 1.807) is 0 Å². The van der Waals surface area contributed by atoms with E-state index in [-0.39, 0.29) is 5.41 Å². The summed E-state index contributed by atoms with van der Waals surface area (Å²) in [5, 5.41) is 11.9. The van der Waals surface area contributed by atoms with E-state index in [1.165, 1.54) is 5.56 Å². The standard InChI is InChI=1S/C14H14Cl2N4/c15-10-5-9-12(6-11(10)16)20(13-1-3-18-19-13)8-14(9)2-4-17-7-14/h1,3,5-6,17H,2,4,7-8H2,(H,18,19)/t14-/m0/s1. The molecule has 1 atom stereocenters. The number of H-pyrrole nitrogens is 1. The van der Waals surface area contributed by atoms with E-state index in [0.717, 1.165) is 37.6 Å². The van der Waals surface area contributed by atoms with Crippen LogP contribution in [-0.2, 0) is 5.41 Å². The summed E-state index contributed by atoms with van der Waals surface area (Å²) < 4.78 is 0. The average molecular weight is 309 g/mol. The van der Waals surface area contributed by atoms with Gasteiger partial charge >= 0.3 is 0 Å². The summed E-state index contributed by atoms with van der Waals surface area (Å²) in [6, 6.07) is 5.97. The molecule has 20 heavy (non-hydrogen) atoms. The number of rotatable bonds is 1. The molecule has 1 aromatic heterocycles. The monoisotopic (exact) mass is 308 g/mol. The maximum absolute atomic E-state index is 6.23. The van der Waals surface area contributed by atoms with Crippen molar-refractivity contribution >= 4 is 34.7 Å². The summed E-state index contributed by atoms with van der Waals surface area (Å²) in [4.78, 5) is 2.22. The van der Waals surface area contributed by atoms with Gasteiger partial charge in [-0.2, -0.15) is 5.10 Å². The van der Waals surface area contributed by atoms with Crippen LogP contribution in [-0.4, -0.2) is 29.8 Å². The van der Waals surface area contributed by atoms with Crippen LogP contribution in [0.2, 0.25) is 10.0 Å². The second kappa shape index (κ2) is 4.38. The number of aromatic nitrogens is 2. The molecule has 104 valence electrons. The first-order valence-electron chi connectivity index (χ1n) is 6.67. The highest BCUT2D eigenvalue weighted by Gasteiger charge is 2.45. The van der Waals surface area contributed by atoms with E-state index in [4.69, 9.17) is 23.2 Å². The average Bonchev–Trinajstić information content (AvgIpc) is 3.14. The van der Waals surface area contributed by atoms with Crippen molar-refractivity contribution in [3.8, 4) is 0 Å². The highest BCUT2D eigenvalue weighted by molar-refractivity contribution is 6.42. The Balaban J connectivity index is 1.90. The zero-order valence-corrected chi connectivity index (χ0v) is 12.3.